The number of ether oxygens (including phenoxy) is 10. The van der Waals surface area contributed by atoms with Crippen LogP contribution in [0, 0.1) is 50.2 Å². The first kappa shape index (κ1) is 68.5. The normalized spacial score (nSPS) is 55.7. The Labute approximate surface area is 508 Å². The van der Waals surface area contributed by atoms with Crippen LogP contribution in [0.1, 0.15) is 106 Å². The Bertz CT molecular complexity index is 2510. The second-order valence-corrected chi connectivity index (χ2v) is 28.5. The van der Waals surface area contributed by atoms with Gasteiger partial charge in [-0.2, -0.15) is 0 Å². The van der Waals surface area contributed by atoms with E-state index in [0.29, 0.717) is 38.5 Å². The highest BCUT2D eigenvalue weighted by Crippen LogP contribution is 2.76. The zero-order valence-electron chi connectivity index (χ0n) is 50.5. The molecule has 17 N–H and O–H groups in total. The van der Waals surface area contributed by atoms with Crippen LogP contribution in [0.4, 0.5) is 0 Å². The molecule has 0 spiro atoms. The summed E-state index contributed by atoms with van der Waals surface area (Å²) in [5, 5.41) is 184. The number of aliphatic hydroxyl groups is 15. The molecule has 10 aliphatic rings. The van der Waals surface area contributed by atoms with Crippen molar-refractivity contribution in [1.29, 1.82) is 0 Å². The Morgan fingerprint density at radius 1 is 0.534 bits per heavy atom. The molecule has 9 fully saturated rings. The maximum Gasteiger partial charge on any atom is 0.335 e. The third-order valence-electron chi connectivity index (χ3n) is 23.7. The first-order valence-corrected chi connectivity index (χ1v) is 30.9. The van der Waals surface area contributed by atoms with Gasteiger partial charge in [-0.3, -0.25) is 4.79 Å². The van der Waals surface area contributed by atoms with Gasteiger partial charge in [-0.1, -0.05) is 46.3 Å². The van der Waals surface area contributed by atoms with Crippen LogP contribution in [0.3, 0.4) is 0 Å². The summed E-state index contributed by atoms with van der Waals surface area (Å²) in [6.45, 7) is 11.2. The summed E-state index contributed by atoms with van der Waals surface area (Å²) in [5.74, 6) is -3.42. The second-order valence-electron chi connectivity index (χ2n) is 28.5. The van der Waals surface area contributed by atoms with Crippen molar-refractivity contribution >= 4 is 11.9 Å². The molecule has 0 aromatic carbocycles. The van der Waals surface area contributed by atoms with Crippen molar-refractivity contribution in [2.24, 2.45) is 50.2 Å². The summed E-state index contributed by atoms with van der Waals surface area (Å²) in [7, 11) is 0. The molecule has 5 saturated heterocycles. The van der Waals surface area contributed by atoms with Gasteiger partial charge in [0.25, 0.3) is 0 Å². The molecule has 504 valence electrons. The van der Waals surface area contributed by atoms with Crippen LogP contribution >= 0.6 is 0 Å². The minimum atomic E-state index is -2.16. The van der Waals surface area contributed by atoms with Crippen molar-refractivity contribution in [3.8, 4) is 0 Å². The average molecular weight is 1270 g/mol. The molecule has 5 aliphatic carbocycles. The number of rotatable bonds is 15. The van der Waals surface area contributed by atoms with Gasteiger partial charge in [0.1, 0.15) is 104 Å². The largest absolute Gasteiger partial charge is 0.481 e. The number of allylic oxidation sites excluding steroid dienone is 2. The second kappa shape index (κ2) is 25.1. The minimum absolute atomic E-state index is 0.0156. The lowest BCUT2D eigenvalue weighted by Gasteiger charge is -2.72. The van der Waals surface area contributed by atoms with Gasteiger partial charge in [-0.05, 0) is 106 Å². The lowest BCUT2D eigenvalue weighted by molar-refractivity contribution is -0.396. The van der Waals surface area contributed by atoms with Crippen molar-refractivity contribution in [1.82, 2.24) is 0 Å². The molecule has 5 aliphatic heterocycles. The molecule has 0 unspecified atom stereocenters. The van der Waals surface area contributed by atoms with E-state index in [1.807, 2.05) is 6.92 Å². The van der Waals surface area contributed by atoms with E-state index in [2.05, 4.69) is 33.8 Å². The van der Waals surface area contributed by atoms with Gasteiger partial charge in [0.05, 0.1) is 50.2 Å². The van der Waals surface area contributed by atoms with E-state index in [9.17, 15) is 96.4 Å². The number of carboxylic acid groups (broad SMARTS) is 2. The monoisotopic (exact) mass is 1270 g/mol. The summed E-state index contributed by atoms with van der Waals surface area (Å²) in [4.78, 5) is 26.2. The van der Waals surface area contributed by atoms with Gasteiger partial charge in [0.2, 0.25) is 0 Å². The Morgan fingerprint density at radius 3 is 1.68 bits per heavy atom. The SMILES string of the molecule is C[C@@H]1O[C@@H](O[C@H]2[C@H](O[C@H]3[C@H](O[C@H]4CC[C@@]5(C)[C@@H](CC[C@]6(C)[C@@H]5CC=C5[C@@H]7C[C@](C)(C(=O)O)C[C@@H](O[C@@H]8OC[C@H](O)[C@H](O)[C@H]8O[C@@H]8O[C@H](CO)[C@@H](O)[C@H](O)[C@H]8O)[C@]7(C)CC[C@]56C)[C@@]4(C)CO)O[C@H](C(=O)O)[C@@H](O)[C@@H]3O)O[C@H](CO)[C@H](O)[C@@H]2O)[C@H](O)[C@H](O)[C@H]1O. The lowest BCUT2D eigenvalue weighted by Crippen LogP contribution is -2.68. The Kier molecular flexibility index (Phi) is 19.6. The van der Waals surface area contributed by atoms with Crippen molar-refractivity contribution in [2.75, 3.05) is 26.4 Å². The maximum absolute atomic E-state index is 13.5. The Hall–Kier alpha value is -2.32. The van der Waals surface area contributed by atoms with Crippen LogP contribution in [0.15, 0.2) is 11.6 Å². The third-order valence-corrected chi connectivity index (χ3v) is 23.7. The van der Waals surface area contributed by atoms with E-state index in [-0.39, 0.29) is 37.0 Å². The number of hydrogen-bond acceptors (Lipinski definition) is 27. The molecule has 10 rings (SSSR count). The average Bonchev–Trinajstić information content (AvgIpc) is 0.678. The van der Waals surface area contributed by atoms with E-state index < -0.39 is 230 Å². The summed E-state index contributed by atoms with van der Waals surface area (Å²) in [6.07, 6.45) is -37.9. The predicted octanol–water partition coefficient (Wildman–Crippen LogP) is -3.94. The highest BCUT2D eigenvalue weighted by atomic mass is 16.8. The van der Waals surface area contributed by atoms with Gasteiger partial charge < -0.3 is 134 Å². The highest BCUT2D eigenvalue weighted by molar-refractivity contribution is 5.75. The molecule has 0 aromatic rings. The van der Waals surface area contributed by atoms with Crippen molar-refractivity contribution in [2.45, 2.75) is 266 Å². The first-order valence-electron chi connectivity index (χ1n) is 30.9. The third kappa shape index (κ3) is 11.1. The molecular formula is C59H94O29. The molecule has 29 heteroatoms. The standard InChI is InChI=1S/C59H94O29/c1-22-32(64)36(68)41(73)48(80-22)87-45-38(70)35(67)27(19-61)82-51(45)88-46-40(72)39(71)43(47(75)76)85-52(46)83-30-11-12-56(4)28(57(30,5)21-62)10-13-59(7)29(56)9-8-23-24-16-54(2,53(77)78)17-31(55(24,3)14-15-58(23,59)6)84-50-44(33(65)25(63)20-79-50)86-49-42(74)37(69)34(66)26(18-60)81-49/h8,22,24-46,48-52,60-74H,9-21H2,1-7H3,(H,75,76)(H,77,78)/t22-,24-,25-,26+,27+,28+,29+,30-,31+,32-,33-,34+,35-,36+,37-,38-,39-,40-,41+,42+,43-,44+,45+,46+,48-,49-,50-,51-,52+,54-,55+,56-,57+,58+,59+/m0/s1. The zero-order valence-corrected chi connectivity index (χ0v) is 50.5. The fraction of sp³-hybridized carbons (Fsp3) is 0.932. The van der Waals surface area contributed by atoms with Crippen LogP contribution in [0.25, 0.3) is 0 Å². The molecule has 88 heavy (non-hydrogen) atoms. The van der Waals surface area contributed by atoms with E-state index in [1.54, 1.807) is 6.92 Å². The van der Waals surface area contributed by atoms with E-state index in [1.165, 1.54) is 6.92 Å². The summed E-state index contributed by atoms with van der Waals surface area (Å²) in [5.41, 5.74) is -3.61. The van der Waals surface area contributed by atoms with Crippen LogP contribution < -0.4 is 0 Å². The van der Waals surface area contributed by atoms with Gasteiger partial charge in [0, 0.05) is 10.8 Å². The van der Waals surface area contributed by atoms with Crippen molar-refractivity contribution in [3.05, 3.63) is 11.6 Å². The van der Waals surface area contributed by atoms with Crippen LogP contribution in [-0.4, -0.2) is 285 Å². The molecule has 0 amide bonds. The number of fused-ring (bicyclic) bond motifs is 7. The number of carbonyl (C=O) groups is 2. The maximum atomic E-state index is 13.5. The first-order chi connectivity index (χ1) is 41.2. The molecule has 35 atom stereocenters. The fourth-order valence-corrected chi connectivity index (χ4v) is 17.8. The molecule has 0 bridgehead atoms. The summed E-state index contributed by atoms with van der Waals surface area (Å²) < 4.78 is 60.8. The topological polar surface area (TPSA) is 470 Å². The van der Waals surface area contributed by atoms with Crippen LogP contribution in [0.5, 0.6) is 0 Å². The number of aliphatic carboxylic acids is 2. The van der Waals surface area contributed by atoms with Gasteiger partial charge >= 0.3 is 11.9 Å². The number of carboxylic acids is 2. The quantitative estimate of drug-likeness (QED) is 0.0550. The minimum Gasteiger partial charge on any atom is -0.481 e. The van der Waals surface area contributed by atoms with E-state index >= 15 is 0 Å². The summed E-state index contributed by atoms with van der Waals surface area (Å²) >= 11 is 0. The number of hydrogen-bond donors (Lipinski definition) is 17. The molecular weight excluding hydrogens is 1170 g/mol. The predicted molar refractivity (Wildman–Crippen MR) is 292 cm³/mol. The van der Waals surface area contributed by atoms with Crippen LogP contribution in [0.2, 0.25) is 0 Å². The van der Waals surface area contributed by atoms with Crippen LogP contribution in [-0.2, 0) is 57.0 Å². The van der Waals surface area contributed by atoms with Crippen molar-refractivity contribution in [3.63, 3.8) is 0 Å². The molecule has 0 radical (unpaired) electrons. The Balaban J connectivity index is 0.913. The fourth-order valence-electron chi connectivity index (χ4n) is 17.8. The smallest absolute Gasteiger partial charge is 0.335 e. The van der Waals surface area contributed by atoms with Gasteiger partial charge in [0.15, 0.2) is 37.6 Å². The highest BCUT2D eigenvalue weighted by Gasteiger charge is 2.71. The molecule has 29 nitrogen and oxygen atoms in total. The Morgan fingerprint density at radius 2 is 1.08 bits per heavy atom. The molecule has 0 aromatic heterocycles. The molecule has 4 saturated carbocycles. The van der Waals surface area contributed by atoms with E-state index in [0.717, 1.165) is 5.57 Å². The summed E-state index contributed by atoms with van der Waals surface area (Å²) in [6, 6.07) is 0. The van der Waals surface area contributed by atoms with Crippen molar-refractivity contribution < 1.29 is 144 Å². The van der Waals surface area contributed by atoms with E-state index in [4.69, 9.17) is 47.4 Å². The zero-order chi connectivity index (χ0) is 64.4. The molecule has 5 heterocycles. The lowest BCUT2D eigenvalue weighted by atomic mass is 9.33. The number of aliphatic hydroxyl groups excluding tert-OH is 15. The van der Waals surface area contributed by atoms with Gasteiger partial charge in [-0.25, -0.2) is 4.79 Å². The van der Waals surface area contributed by atoms with Gasteiger partial charge in [-0.15, -0.1) is 0 Å².